The normalized spacial score (nSPS) is 11.9. The number of benzene rings is 3. The van der Waals surface area contributed by atoms with E-state index in [1.165, 1.54) is 7.11 Å². The van der Waals surface area contributed by atoms with Gasteiger partial charge in [-0.1, -0.05) is 60.7 Å². The molecule has 1 N–H and O–H groups in total. The summed E-state index contributed by atoms with van der Waals surface area (Å²) in [5, 5.41) is 4.02. The maximum Gasteiger partial charge on any atom is 0.273 e. The van der Waals surface area contributed by atoms with E-state index in [1.807, 2.05) is 84.9 Å². The van der Waals surface area contributed by atoms with E-state index in [0.717, 1.165) is 16.9 Å². The van der Waals surface area contributed by atoms with Crippen LogP contribution in [0.2, 0.25) is 0 Å². The highest BCUT2D eigenvalue weighted by Gasteiger charge is 2.19. The number of ether oxygens (including phenoxy) is 2. The zero-order chi connectivity index (χ0) is 18.9. The van der Waals surface area contributed by atoms with Crippen molar-refractivity contribution in [3.63, 3.8) is 0 Å². The van der Waals surface area contributed by atoms with E-state index in [1.54, 1.807) is 6.21 Å². The predicted octanol–water partition coefficient (Wildman–Crippen LogP) is 4.32. The molecule has 0 aromatic heterocycles. The van der Waals surface area contributed by atoms with E-state index >= 15 is 0 Å². The summed E-state index contributed by atoms with van der Waals surface area (Å²) in [4.78, 5) is 12.3. The van der Waals surface area contributed by atoms with Crippen LogP contribution < -0.4 is 10.2 Å². The van der Waals surface area contributed by atoms with Gasteiger partial charge in [-0.05, 0) is 35.4 Å². The van der Waals surface area contributed by atoms with Crippen LogP contribution >= 0.6 is 0 Å². The third kappa shape index (κ3) is 5.26. The Kier molecular flexibility index (Phi) is 6.33. The van der Waals surface area contributed by atoms with Crippen molar-refractivity contribution in [1.29, 1.82) is 0 Å². The van der Waals surface area contributed by atoms with Gasteiger partial charge in [-0.25, -0.2) is 5.43 Å². The Balaban J connectivity index is 1.62. The highest BCUT2D eigenvalue weighted by Crippen LogP contribution is 2.21. The van der Waals surface area contributed by atoms with Crippen molar-refractivity contribution in [3.8, 4) is 11.5 Å². The van der Waals surface area contributed by atoms with Crippen molar-refractivity contribution >= 4 is 12.1 Å². The molecule has 0 saturated heterocycles. The van der Waals surface area contributed by atoms with Crippen molar-refractivity contribution in [2.24, 2.45) is 5.10 Å². The fraction of sp³-hybridized carbons (Fsp3) is 0.0909. The fourth-order valence-electron chi connectivity index (χ4n) is 2.53. The van der Waals surface area contributed by atoms with Crippen LogP contribution in [0.1, 0.15) is 17.2 Å². The van der Waals surface area contributed by atoms with Crippen LogP contribution in [0.3, 0.4) is 0 Å². The summed E-state index contributed by atoms with van der Waals surface area (Å²) < 4.78 is 11.1. The first kappa shape index (κ1) is 18.4. The molecular weight excluding hydrogens is 340 g/mol. The highest BCUT2D eigenvalue weighted by molar-refractivity contribution is 5.85. The number of carbonyl (C=O) groups is 1. The number of hydrazone groups is 1. The van der Waals surface area contributed by atoms with Gasteiger partial charge >= 0.3 is 0 Å². The van der Waals surface area contributed by atoms with Gasteiger partial charge in [0.15, 0.2) is 6.10 Å². The number of carbonyl (C=O) groups excluding carboxylic acids is 1. The molecule has 0 bridgehead atoms. The average molecular weight is 360 g/mol. The van der Waals surface area contributed by atoms with Gasteiger partial charge in [-0.15, -0.1) is 0 Å². The average Bonchev–Trinajstić information content (AvgIpc) is 2.70. The number of methoxy groups -OCH3 is 1. The third-order valence-electron chi connectivity index (χ3n) is 3.80. The van der Waals surface area contributed by atoms with Gasteiger partial charge in [0, 0.05) is 7.11 Å². The SMILES string of the molecule is CO[C@H](C(=O)N/N=C\c1cccc(Oc2ccccc2)c1)c1ccccc1. The summed E-state index contributed by atoms with van der Waals surface area (Å²) in [5.41, 5.74) is 4.09. The lowest BCUT2D eigenvalue weighted by Gasteiger charge is -2.13. The number of hydrogen-bond donors (Lipinski definition) is 1. The van der Waals surface area contributed by atoms with E-state index in [4.69, 9.17) is 9.47 Å². The Labute approximate surface area is 158 Å². The molecule has 1 amide bonds. The molecule has 0 heterocycles. The highest BCUT2D eigenvalue weighted by atomic mass is 16.5. The van der Waals surface area contributed by atoms with Gasteiger partial charge in [0.05, 0.1) is 6.21 Å². The molecular formula is C22H20N2O3. The Morgan fingerprint density at radius 2 is 1.59 bits per heavy atom. The number of rotatable bonds is 7. The molecule has 3 aromatic rings. The first-order chi connectivity index (χ1) is 13.3. The molecule has 0 aliphatic rings. The summed E-state index contributed by atoms with van der Waals surface area (Å²) in [5.74, 6) is 1.11. The smallest absolute Gasteiger partial charge is 0.273 e. The Hall–Kier alpha value is -3.44. The first-order valence-corrected chi connectivity index (χ1v) is 8.50. The van der Waals surface area contributed by atoms with Gasteiger partial charge in [0.1, 0.15) is 11.5 Å². The van der Waals surface area contributed by atoms with E-state index in [-0.39, 0.29) is 5.91 Å². The largest absolute Gasteiger partial charge is 0.457 e. The number of hydrogen-bond acceptors (Lipinski definition) is 4. The monoisotopic (exact) mass is 360 g/mol. The Morgan fingerprint density at radius 1 is 0.926 bits per heavy atom. The molecule has 0 aliphatic carbocycles. The number of nitrogens with one attached hydrogen (secondary N) is 1. The molecule has 0 spiro atoms. The Morgan fingerprint density at radius 3 is 2.30 bits per heavy atom. The van der Waals surface area contributed by atoms with Crippen LogP contribution in [0.15, 0.2) is 90.0 Å². The van der Waals surface area contributed by atoms with Crippen LogP contribution in [0.25, 0.3) is 0 Å². The molecule has 1 atom stereocenters. The molecule has 3 rings (SSSR count). The van der Waals surface area contributed by atoms with Crippen LogP contribution in [-0.2, 0) is 9.53 Å². The van der Waals surface area contributed by atoms with Crippen molar-refractivity contribution in [2.75, 3.05) is 7.11 Å². The molecule has 5 nitrogen and oxygen atoms in total. The lowest BCUT2D eigenvalue weighted by molar-refractivity contribution is -0.131. The second-order valence-electron chi connectivity index (χ2n) is 5.75. The second kappa shape index (κ2) is 9.31. The molecule has 0 aliphatic heterocycles. The number of para-hydroxylation sites is 1. The van der Waals surface area contributed by atoms with E-state index in [9.17, 15) is 4.79 Å². The first-order valence-electron chi connectivity index (χ1n) is 8.50. The summed E-state index contributed by atoms with van der Waals surface area (Å²) in [6.07, 6.45) is 0.851. The van der Waals surface area contributed by atoms with Crippen LogP contribution in [0, 0.1) is 0 Å². The molecule has 136 valence electrons. The van der Waals surface area contributed by atoms with Crippen LogP contribution in [0.4, 0.5) is 0 Å². The minimum atomic E-state index is -0.712. The molecule has 0 unspecified atom stereocenters. The lowest BCUT2D eigenvalue weighted by atomic mass is 10.1. The van der Waals surface area contributed by atoms with Crippen LogP contribution in [0.5, 0.6) is 11.5 Å². The minimum Gasteiger partial charge on any atom is -0.457 e. The van der Waals surface area contributed by atoms with Crippen molar-refractivity contribution in [3.05, 3.63) is 96.1 Å². The summed E-state index contributed by atoms with van der Waals surface area (Å²) in [6, 6.07) is 26.2. The van der Waals surface area contributed by atoms with E-state index in [2.05, 4.69) is 10.5 Å². The molecule has 5 heteroatoms. The Bertz CT molecular complexity index is 896. The van der Waals surface area contributed by atoms with Gasteiger partial charge in [-0.3, -0.25) is 4.79 Å². The van der Waals surface area contributed by atoms with Crippen LogP contribution in [-0.4, -0.2) is 19.2 Å². The van der Waals surface area contributed by atoms with Crippen molar-refractivity contribution in [2.45, 2.75) is 6.10 Å². The van der Waals surface area contributed by atoms with Gasteiger partial charge in [-0.2, -0.15) is 5.10 Å². The van der Waals surface area contributed by atoms with Gasteiger partial charge in [0.25, 0.3) is 5.91 Å². The lowest BCUT2D eigenvalue weighted by Crippen LogP contribution is -2.26. The summed E-state index contributed by atoms with van der Waals surface area (Å²) in [7, 11) is 1.49. The summed E-state index contributed by atoms with van der Waals surface area (Å²) >= 11 is 0. The number of amides is 1. The maximum absolute atomic E-state index is 12.3. The van der Waals surface area contributed by atoms with Gasteiger partial charge in [0.2, 0.25) is 0 Å². The third-order valence-corrected chi connectivity index (χ3v) is 3.80. The molecule has 0 fully saturated rings. The standard InChI is InChI=1S/C22H20N2O3/c1-26-21(18-10-4-2-5-11-18)22(25)24-23-16-17-9-8-14-20(15-17)27-19-12-6-3-7-13-19/h2-16,21H,1H3,(H,24,25)/b23-16-/t21-/m0/s1. The fourth-order valence-corrected chi connectivity index (χ4v) is 2.53. The zero-order valence-electron chi connectivity index (χ0n) is 14.9. The molecule has 27 heavy (non-hydrogen) atoms. The molecule has 0 radical (unpaired) electrons. The topological polar surface area (TPSA) is 59.9 Å². The molecule has 0 saturated carbocycles. The maximum atomic E-state index is 12.3. The van der Waals surface area contributed by atoms with E-state index in [0.29, 0.717) is 5.75 Å². The molecule has 3 aromatic carbocycles. The number of nitrogens with zero attached hydrogens (tertiary/aromatic N) is 1. The van der Waals surface area contributed by atoms with Crippen molar-refractivity contribution in [1.82, 2.24) is 5.43 Å². The zero-order valence-corrected chi connectivity index (χ0v) is 14.9. The minimum absolute atomic E-state index is 0.336. The predicted molar refractivity (Wildman–Crippen MR) is 105 cm³/mol. The quantitative estimate of drug-likeness (QED) is 0.504. The van der Waals surface area contributed by atoms with Gasteiger partial charge < -0.3 is 9.47 Å². The summed E-state index contributed by atoms with van der Waals surface area (Å²) in [6.45, 7) is 0. The second-order valence-corrected chi connectivity index (χ2v) is 5.75. The van der Waals surface area contributed by atoms with E-state index < -0.39 is 6.10 Å². The van der Waals surface area contributed by atoms with Crippen molar-refractivity contribution < 1.29 is 14.3 Å².